The molecule has 0 spiro atoms. The second kappa shape index (κ2) is 5.50. The Kier molecular flexibility index (Phi) is 4.01. The van der Waals surface area contributed by atoms with Gasteiger partial charge in [-0.25, -0.2) is 0 Å². The molecule has 0 aliphatic carbocycles. The Bertz CT molecular complexity index is 327. The zero-order valence-electron chi connectivity index (χ0n) is 9.81. The standard InChI is InChI=1S/C11H18N4S/c1-9-8-15(5-6-16-9)11-4-3-10(7-12-2)13-14-11/h3-4,9,12H,5-8H2,1-2H3. The third kappa shape index (κ3) is 2.86. The minimum absolute atomic E-state index is 0.688. The van der Waals surface area contributed by atoms with Gasteiger partial charge in [0.25, 0.3) is 0 Å². The molecule has 1 aromatic heterocycles. The molecule has 88 valence electrons. The monoisotopic (exact) mass is 238 g/mol. The topological polar surface area (TPSA) is 41.0 Å². The molecule has 1 aliphatic heterocycles. The molecule has 16 heavy (non-hydrogen) atoms. The van der Waals surface area contributed by atoms with Gasteiger partial charge in [-0.05, 0) is 19.2 Å². The zero-order chi connectivity index (χ0) is 11.4. The SMILES string of the molecule is CNCc1ccc(N2CCSC(C)C2)nn1. The summed E-state index contributed by atoms with van der Waals surface area (Å²) < 4.78 is 0. The fraction of sp³-hybridized carbons (Fsp3) is 0.636. The molecule has 0 radical (unpaired) electrons. The van der Waals surface area contributed by atoms with Crippen LogP contribution in [-0.2, 0) is 6.54 Å². The molecular weight excluding hydrogens is 220 g/mol. The number of thioether (sulfide) groups is 1. The number of hydrogen-bond acceptors (Lipinski definition) is 5. The lowest BCUT2D eigenvalue weighted by molar-refractivity contribution is 0.734. The van der Waals surface area contributed by atoms with Crippen LogP contribution in [-0.4, -0.2) is 41.3 Å². The maximum atomic E-state index is 4.28. The van der Waals surface area contributed by atoms with Crippen LogP contribution in [0.1, 0.15) is 12.6 Å². The Morgan fingerprint density at radius 2 is 2.38 bits per heavy atom. The molecule has 1 unspecified atom stereocenters. The Morgan fingerprint density at radius 3 is 3.00 bits per heavy atom. The van der Waals surface area contributed by atoms with Crippen molar-refractivity contribution in [3.63, 3.8) is 0 Å². The van der Waals surface area contributed by atoms with Gasteiger partial charge >= 0.3 is 0 Å². The van der Waals surface area contributed by atoms with Gasteiger partial charge in [0, 0.05) is 30.6 Å². The third-order valence-electron chi connectivity index (χ3n) is 2.63. The van der Waals surface area contributed by atoms with E-state index in [1.165, 1.54) is 5.75 Å². The van der Waals surface area contributed by atoms with Crippen LogP contribution in [0, 0.1) is 0 Å². The van der Waals surface area contributed by atoms with Gasteiger partial charge in [0.2, 0.25) is 0 Å². The van der Waals surface area contributed by atoms with Gasteiger partial charge in [-0.1, -0.05) is 6.92 Å². The second-order valence-electron chi connectivity index (χ2n) is 4.04. The predicted octanol–water partition coefficient (Wildman–Crippen LogP) is 1.14. The summed E-state index contributed by atoms with van der Waals surface area (Å²) in [5.74, 6) is 2.19. The molecule has 5 heteroatoms. The molecule has 2 heterocycles. The molecular formula is C11H18N4S. The van der Waals surface area contributed by atoms with Gasteiger partial charge in [0.15, 0.2) is 5.82 Å². The average Bonchev–Trinajstić information content (AvgIpc) is 2.30. The molecule has 0 bridgehead atoms. The lowest BCUT2D eigenvalue weighted by Crippen LogP contribution is -2.37. The van der Waals surface area contributed by atoms with Crippen LogP contribution < -0.4 is 10.2 Å². The van der Waals surface area contributed by atoms with Crippen LogP contribution in [0.3, 0.4) is 0 Å². The van der Waals surface area contributed by atoms with Gasteiger partial charge in [-0.15, -0.1) is 5.10 Å². The molecule has 0 amide bonds. The van der Waals surface area contributed by atoms with Crippen molar-refractivity contribution >= 4 is 17.6 Å². The van der Waals surface area contributed by atoms with Gasteiger partial charge in [0.05, 0.1) is 5.69 Å². The van der Waals surface area contributed by atoms with E-state index in [-0.39, 0.29) is 0 Å². The van der Waals surface area contributed by atoms with Gasteiger partial charge < -0.3 is 10.2 Å². The van der Waals surface area contributed by atoms with Crippen molar-refractivity contribution in [1.82, 2.24) is 15.5 Å². The summed E-state index contributed by atoms with van der Waals surface area (Å²) in [5, 5.41) is 12.2. The van der Waals surface area contributed by atoms with Crippen LogP contribution >= 0.6 is 11.8 Å². The first-order valence-electron chi connectivity index (χ1n) is 5.63. The van der Waals surface area contributed by atoms with Crippen molar-refractivity contribution in [3.8, 4) is 0 Å². The lowest BCUT2D eigenvalue weighted by Gasteiger charge is -2.31. The molecule has 1 aliphatic rings. The molecule has 1 saturated heterocycles. The number of aromatic nitrogens is 2. The van der Waals surface area contributed by atoms with E-state index in [0.717, 1.165) is 31.1 Å². The maximum absolute atomic E-state index is 4.28. The first-order chi connectivity index (χ1) is 7.79. The second-order valence-corrected chi connectivity index (χ2v) is 5.59. The highest BCUT2D eigenvalue weighted by atomic mass is 32.2. The van der Waals surface area contributed by atoms with Crippen molar-refractivity contribution in [1.29, 1.82) is 0 Å². The van der Waals surface area contributed by atoms with Gasteiger partial charge in [-0.2, -0.15) is 16.9 Å². The van der Waals surface area contributed by atoms with E-state index in [0.29, 0.717) is 5.25 Å². The molecule has 2 rings (SSSR count). The van der Waals surface area contributed by atoms with Crippen LogP contribution in [0.15, 0.2) is 12.1 Å². The minimum Gasteiger partial charge on any atom is -0.353 e. The average molecular weight is 238 g/mol. The van der Waals surface area contributed by atoms with E-state index in [4.69, 9.17) is 0 Å². The molecule has 0 saturated carbocycles. The van der Waals surface area contributed by atoms with E-state index in [1.807, 2.05) is 24.9 Å². The van der Waals surface area contributed by atoms with Crippen molar-refractivity contribution < 1.29 is 0 Å². The quantitative estimate of drug-likeness (QED) is 0.855. The number of nitrogens with one attached hydrogen (secondary N) is 1. The minimum atomic E-state index is 0.688. The summed E-state index contributed by atoms with van der Waals surface area (Å²) in [7, 11) is 1.92. The van der Waals surface area contributed by atoms with Crippen LogP contribution in [0.4, 0.5) is 5.82 Å². The zero-order valence-corrected chi connectivity index (χ0v) is 10.6. The molecule has 1 atom stereocenters. The molecule has 0 aromatic carbocycles. The van der Waals surface area contributed by atoms with Crippen LogP contribution in [0.5, 0.6) is 0 Å². The van der Waals surface area contributed by atoms with Gasteiger partial charge in [-0.3, -0.25) is 0 Å². The first-order valence-corrected chi connectivity index (χ1v) is 6.68. The van der Waals surface area contributed by atoms with Crippen molar-refractivity contribution in [2.24, 2.45) is 0 Å². The van der Waals surface area contributed by atoms with Crippen molar-refractivity contribution in [3.05, 3.63) is 17.8 Å². The number of nitrogens with zero attached hydrogens (tertiary/aromatic N) is 3. The Hall–Kier alpha value is -0.810. The predicted molar refractivity (Wildman–Crippen MR) is 68.9 cm³/mol. The Balaban J connectivity index is 2.03. The summed E-state index contributed by atoms with van der Waals surface area (Å²) in [5.41, 5.74) is 0.991. The van der Waals surface area contributed by atoms with Gasteiger partial charge in [0.1, 0.15) is 0 Å². The normalized spacial score (nSPS) is 21.1. The highest BCUT2D eigenvalue weighted by Crippen LogP contribution is 2.21. The summed E-state index contributed by atoms with van der Waals surface area (Å²) in [6.45, 7) is 5.19. The van der Waals surface area contributed by atoms with E-state index in [2.05, 4.69) is 33.4 Å². The summed E-state index contributed by atoms with van der Waals surface area (Å²) >= 11 is 2.03. The Labute approximate surface area is 101 Å². The van der Waals surface area contributed by atoms with Crippen molar-refractivity contribution in [2.45, 2.75) is 18.7 Å². The molecule has 1 fully saturated rings. The summed E-state index contributed by atoms with van der Waals surface area (Å²) in [4.78, 5) is 2.32. The van der Waals surface area contributed by atoms with E-state index in [9.17, 15) is 0 Å². The van der Waals surface area contributed by atoms with E-state index < -0.39 is 0 Å². The summed E-state index contributed by atoms with van der Waals surface area (Å²) in [6.07, 6.45) is 0. The molecule has 4 nitrogen and oxygen atoms in total. The maximum Gasteiger partial charge on any atom is 0.151 e. The van der Waals surface area contributed by atoms with E-state index >= 15 is 0 Å². The Morgan fingerprint density at radius 1 is 1.50 bits per heavy atom. The fourth-order valence-corrected chi connectivity index (χ4v) is 2.84. The smallest absolute Gasteiger partial charge is 0.151 e. The van der Waals surface area contributed by atoms with Crippen LogP contribution in [0.25, 0.3) is 0 Å². The number of rotatable bonds is 3. The third-order valence-corrected chi connectivity index (χ3v) is 3.77. The lowest BCUT2D eigenvalue weighted by atomic mass is 10.3. The van der Waals surface area contributed by atoms with Crippen molar-refractivity contribution in [2.75, 3.05) is 30.8 Å². The van der Waals surface area contributed by atoms with E-state index in [1.54, 1.807) is 0 Å². The molecule has 1 aromatic rings. The largest absolute Gasteiger partial charge is 0.353 e. The summed E-state index contributed by atoms with van der Waals surface area (Å²) in [6, 6.07) is 4.12. The molecule has 1 N–H and O–H groups in total. The number of hydrogen-bond donors (Lipinski definition) is 1. The highest BCUT2D eigenvalue weighted by molar-refractivity contribution is 8.00. The van der Waals surface area contributed by atoms with Crippen LogP contribution in [0.2, 0.25) is 0 Å². The first kappa shape index (κ1) is 11.7. The highest BCUT2D eigenvalue weighted by Gasteiger charge is 2.17. The fourth-order valence-electron chi connectivity index (χ4n) is 1.82. The number of anilines is 1.